The van der Waals surface area contributed by atoms with Gasteiger partial charge in [0.15, 0.2) is 0 Å². The molecule has 0 aromatic heterocycles. The number of amides is 3. The number of imide groups is 1. The first-order valence-electron chi connectivity index (χ1n) is 12.1. The van der Waals surface area contributed by atoms with Gasteiger partial charge in [-0.2, -0.15) is 0 Å². The lowest BCUT2D eigenvalue weighted by molar-refractivity contribution is -0.120. The summed E-state index contributed by atoms with van der Waals surface area (Å²) >= 11 is 6.27. The van der Waals surface area contributed by atoms with Crippen LogP contribution in [-0.2, 0) is 14.3 Å². The molecule has 9 nitrogen and oxygen atoms in total. The highest BCUT2D eigenvalue weighted by atomic mass is 35.5. The first-order valence-corrected chi connectivity index (χ1v) is 12.5. The number of nitrogens with one attached hydrogen (secondary N) is 2. The number of aryl methyl sites for hydroxylation is 1. The Morgan fingerprint density at radius 3 is 2.38 bits per heavy atom. The minimum atomic E-state index is -0.668. The van der Waals surface area contributed by atoms with E-state index in [4.69, 9.17) is 21.1 Å². The Labute approximate surface area is 230 Å². The number of benzene rings is 3. The molecule has 2 N–H and O–H groups in total. The fourth-order valence-corrected chi connectivity index (χ4v) is 4.03. The van der Waals surface area contributed by atoms with E-state index in [9.17, 15) is 19.2 Å². The number of rotatable bonds is 9. The Kier molecular flexibility index (Phi) is 8.31. The van der Waals surface area contributed by atoms with Crippen LogP contribution in [0.15, 0.2) is 77.5 Å². The lowest BCUT2D eigenvalue weighted by atomic mass is 10.1. The molecule has 0 saturated carbocycles. The minimum Gasteiger partial charge on any atom is -0.497 e. The molecule has 0 fully saturated rings. The average molecular weight is 548 g/mol. The van der Waals surface area contributed by atoms with Gasteiger partial charge in [0.25, 0.3) is 17.7 Å². The van der Waals surface area contributed by atoms with E-state index in [1.165, 1.54) is 13.2 Å². The Balaban J connectivity index is 1.52. The summed E-state index contributed by atoms with van der Waals surface area (Å²) in [6.07, 6.45) is 0.702. The number of anilines is 3. The lowest BCUT2D eigenvalue weighted by Crippen LogP contribution is -2.32. The fourth-order valence-electron chi connectivity index (χ4n) is 3.82. The van der Waals surface area contributed by atoms with Crippen LogP contribution in [0.3, 0.4) is 0 Å². The molecule has 0 spiro atoms. The number of halogens is 1. The first kappa shape index (κ1) is 27.4. The van der Waals surface area contributed by atoms with Crippen LogP contribution in [-0.4, -0.2) is 37.4 Å². The molecule has 3 amide bonds. The molecule has 0 saturated heterocycles. The quantitative estimate of drug-likeness (QED) is 0.277. The predicted octanol–water partition coefficient (Wildman–Crippen LogP) is 5.26. The van der Waals surface area contributed by atoms with E-state index >= 15 is 0 Å². The van der Waals surface area contributed by atoms with Crippen molar-refractivity contribution in [2.24, 2.45) is 0 Å². The summed E-state index contributed by atoms with van der Waals surface area (Å²) in [7, 11) is 1.51. The standard InChI is InChI=1S/C29H26ClN3O6/c1-4-14-39-29(37)19-6-5-7-20(15-19)31-26(34)18-9-8-17(2)23(16-18)32-25-24(30)27(35)33(28(25)36)21-10-12-22(38-3)13-11-21/h5-13,15-16,32H,4,14H2,1-3H3,(H,31,34). The maximum Gasteiger partial charge on any atom is 0.338 e. The van der Waals surface area contributed by atoms with Gasteiger partial charge in [0, 0.05) is 16.9 Å². The van der Waals surface area contributed by atoms with Crippen LogP contribution in [0.25, 0.3) is 0 Å². The van der Waals surface area contributed by atoms with E-state index in [1.807, 2.05) is 6.92 Å². The van der Waals surface area contributed by atoms with Crippen LogP contribution in [0.4, 0.5) is 17.1 Å². The Hall–Kier alpha value is -4.63. The number of nitrogens with zero attached hydrogens (tertiary/aromatic N) is 1. The summed E-state index contributed by atoms with van der Waals surface area (Å²) in [5.74, 6) is -1.64. The average Bonchev–Trinajstić information content (AvgIpc) is 3.15. The maximum absolute atomic E-state index is 13.2. The second kappa shape index (κ2) is 11.8. The van der Waals surface area contributed by atoms with Gasteiger partial charge in [0.1, 0.15) is 16.5 Å². The van der Waals surface area contributed by atoms with Crippen molar-refractivity contribution in [3.63, 3.8) is 0 Å². The monoisotopic (exact) mass is 547 g/mol. The molecule has 0 bridgehead atoms. The zero-order valence-electron chi connectivity index (χ0n) is 21.5. The van der Waals surface area contributed by atoms with Gasteiger partial charge in [0.2, 0.25) is 0 Å². The predicted molar refractivity (Wildman–Crippen MR) is 148 cm³/mol. The summed E-state index contributed by atoms with van der Waals surface area (Å²) in [5, 5.41) is 5.43. The molecular weight excluding hydrogens is 522 g/mol. The number of methoxy groups -OCH3 is 1. The smallest absolute Gasteiger partial charge is 0.338 e. The number of ether oxygens (including phenoxy) is 2. The van der Waals surface area contributed by atoms with Crippen LogP contribution in [0, 0.1) is 6.92 Å². The van der Waals surface area contributed by atoms with E-state index in [2.05, 4.69) is 10.6 Å². The zero-order valence-corrected chi connectivity index (χ0v) is 22.3. The van der Waals surface area contributed by atoms with Crippen molar-refractivity contribution < 1.29 is 28.7 Å². The minimum absolute atomic E-state index is 0.101. The molecule has 1 aliphatic rings. The summed E-state index contributed by atoms with van der Waals surface area (Å²) in [6, 6.07) is 17.7. The molecule has 0 atom stereocenters. The number of esters is 1. The van der Waals surface area contributed by atoms with Crippen molar-refractivity contribution in [3.8, 4) is 5.75 Å². The van der Waals surface area contributed by atoms with Gasteiger partial charge >= 0.3 is 5.97 Å². The molecule has 0 radical (unpaired) electrons. The van der Waals surface area contributed by atoms with Crippen molar-refractivity contribution in [2.75, 3.05) is 29.3 Å². The molecule has 1 heterocycles. The highest BCUT2D eigenvalue weighted by molar-refractivity contribution is 6.53. The Morgan fingerprint density at radius 2 is 1.69 bits per heavy atom. The van der Waals surface area contributed by atoms with E-state index in [0.717, 1.165) is 4.90 Å². The Morgan fingerprint density at radius 1 is 0.949 bits per heavy atom. The third-order valence-corrected chi connectivity index (χ3v) is 6.26. The van der Waals surface area contributed by atoms with Gasteiger partial charge in [0.05, 0.1) is 25.0 Å². The topological polar surface area (TPSA) is 114 Å². The van der Waals surface area contributed by atoms with Gasteiger partial charge in [-0.25, -0.2) is 9.69 Å². The van der Waals surface area contributed by atoms with Crippen LogP contribution in [0.1, 0.15) is 39.6 Å². The van der Waals surface area contributed by atoms with Crippen LogP contribution in [0.5, 0.6) is 5.75 Å². The number of hydrogen-bond acceptors (Lipinski definition) is 7. The summed E-state index contributed by atoms with van der Waals surface area (Å²) in [4.78, 5) is 52.1. The third kappa shape index (κ3) is 5.94. The van der Waals surface area contributed by atoms with Crippen molar-refractivity contribution in [1.82, 2.24) is 0 Å². The van der Waals surface area contributed by atoms with Gasteiger partial charge in [-0.1, -0.05) is 30.7 Å². The number of hydrogen-bond donors (Lipinski definition) is 2. The highest BCUT2D eigenvalue weighted by Gasteiger charge is 2.39. The summed E-state index contributed by atoms with van der Waals surface area (Å²) in [5.41, 5.74) is 2.39. The van der Waals surface area contributed by atoms with Gasteiger partial charge in [-0.3, -0.25) is 14.4 Å². The van der Waals surface area contributed by atoms with E-state index < -0.39 is 23.7 Å². The van der Waals surface area contributed by atoms with E-state index in [0.29, 0.717) is 47.0 Å². The van der Waals surface area contributed by atoms with Crippen molar-refractivity contribution >= 4 is 52.4 Å². The van der Waals surface area contributed by atoms with E-state index in [1.54, 1.807) is 67.6 Å². The van der Waals surface area contributed by atoms with Crippen LogP contribution in [0.2, 0.25) is 0 Å². The largest absolute Gasteiger partial charge is 0.497 e. The molecule has 1 aliphatic heterocycles. The SMILES string of the molecule is CCCOC(=O)c1cccc(NC(=O)c2ccc(C)c(NC3=C(Cl)C(=O)N(c4ccc(OC)cc4)C3=O)c2)c1. The summed E-state index contributed by atoms with van der Waals surface area (Å²) < 4.78 is 10.3. The molecular formula is C29H26ClN3O6. The molecule has 10 heteroatoms. The molecule has 200 valence electrons. The number of carbonyl (C=O) groups is 4. The van der Waals surface area contributed by atoms with Crippen molar-refractivity contribution in [3.05, 3.63) is 94.1 Å². The zero-order chi connectivity index (χ0) is 28.1. The second-order valence-corrected chi connectivity index (χ2v) is 9.04. The van der Waals surface area contributed by atoms with Crippen LogP contribution >= 0.6 is 11.6 Å². The van der Waals surface area contributed by atoms with Crippen LogP contribution < -0.4 is 20.3 Å². The maximum atomic E-state index is 13.2. The molecule has 4 rings (SSSR count). The Bertz CT molecular complexity index is 1480. The van der Waals surface area contributed by atoms with E-state index in [-0.39, 0.29) is 16.3 Å². The number of carbonyl (C=O) groups excluding carboxylic acids is 4. The summed E-state index contributed by atoms with van der Waals surface area (Å²) in [6.45, 7) is 3.99. The molecule has 39 heavy (non-hydrogen) atoms. The molecule has 3 aromatic carbocycles. The molecule has 0 aliphatic carbocycles. The third-order valence-electron chi connectivity index (χ3n) is 5.91. The fraction of sp³-hybridized carbons (Fsp3) is 0.172. The molecule has 3 aromatic rings. The first-order chi connectivity index (χ1) is 18.7. The molecule has 0 unspecified atom stereocenters. The highest BCUT2D eigenvalue weighted by Crippen LogP contribution is 2.32. The van der Waals surface area contributed by atoms with Gasteiger partial charge < -0.3 is 20.1 Å². The normalized spacial score (nSPS) is 13.0. The lowest BCUT2D eigenvalue weighted by Gasteiger charge is -2.16. The second-order valence-electron chi connectivity index (χ2n) is 8.66. The van der Waals surface area contributed by atoms with Gasteiger partial charge in [-0.15, -0.1) is 0 Å². The van der Waals surface area contributed by atoms with Gasteiger partial charge in [-0.05, 0) is 73.5 Å². The van der Waals surface area contributed by atoms with Crippen molar-refractivity contribution in [2.45, 2.75) is 20.3 Å². The van der Waals surface area contributed by atoms with Crippen molar-refractivity contribution in [1.29, 1.82) is 0 Å².